The zero-order valence-electron chi connectivity index (χ0n) is 22.7. The third-order valence-corrected chi connectivity index (χ3v) is 8.74. The highest BCUT2D eigenvalue weighted by molar-refractivity contribution is 5.82. The first-order chi connectivity index (χ1) is 18.6. The molecule has 0 radical (unpaired) electrons. The minimum Gasteiger partial charge on any atom is -0.393 e. The fourth-order valence-corrected chi connectivity index (χ4v) is 6.31. The van der Waals surface area contributed by atoms with Gasteiger partial charge in [0.05, 0.1) is 24.4 Å². The number of hydrogen-bond acceptors (Lipinski definition) is 8. The number of aliphatic hydroxyl groups excluding tert-OH is 1. The SMILES string of the molecule is COC[C@H](C)Nc1ncc2c(-c3ccnc(N4CCN(C5CCC5)CC4)c3)cc(C3CCC(O)CC3)n2n1. The van der Waals surface area contributed by atoms with Crippen molar-refractivity contribution in [2.24, 2.45) is 0 Å². The molecule has 0 aromatic carbocycles. The summed E-state index contributed by atoms with van der Waals surface area (Å²) in [4.78, 5) is 14.5. The number of rotatable bonds is 8. The molecule has 3 aromatic heterocycles. The Bertz CT molecular complexity index is 1230. The fourth-order valence-electron chi connectivity index (χ4n) is 6.31. The molecule has 9 heteroatoms. The van der Waals surface area contributed by atoms with Crippen LogP contribution in [0.2, 0.25) is 0 Å². The van der Waals surface area contributed by atoms with Gasteiger partial charge in [0.15, 0.2) is 0 Å². The Kier molecular flexibility index (Phi) is 7.50. The Morgan fingerprint density at radius 3 is 2.55 bits per heavy atom. The van der Waals surface area contributed by atoms with E-state index in [0.29, 0.717) is 18.5 Å². The lowest BCUT2D eigenvalue weighted by Gasteiger charge is -2.43. The van der Waals surface area contributed by atoms with Crippen LogP contribution in [0.5, 0.6) is 0 Å². The average molecular weight is 520 g/mol. The van der Waals surface area contributed by atoms with E-state index >= 15 is 0 Å². The number of piperazine rings is 1. The van der Waals surface area contributed by atoms with Gasteiger partial charge in [0.1, 0.15) is 5.82 Å². The van der Waals surface area contributed by atoms with E-state index in [9.17, 15) is 5.11 Å². The Morgan fingerprint density at radius 2 is 1.84 bits per heavy atom. The number of nitrogens with one attached hydrogen (secondary N) is 1. The molecule has 3 fully saturated rings. The van der Waals surface area contributed by atoms with Gasteiger partial charge in [-0.3, -0.25) is 4.90 Å². The molecule has 3 aromatic rings. The fraction of sp³-hybridized carbons (Fsp3) is 0.621. The molecule has 1 saturated heterocycles. The number of pyridine rings is 1. The van der Waals surface area contributed by atoms with E-state index in [1.807, 2.05) is 12.4 Å². The van der Waals surface area contributed by atoms with Gasteiger partial charge in [-0.05, 0) is 69.2 Å². The van der Waals surface area contributed by atoms with E-state index < -0.39 is 0 Å². The number of aliphatic hydroxyl groups is 1. The largest absolute Gasteiger partial charge is 0.393 e. The van der Waals surface area contributed by atoms with Crippen molar-refractivity contribution in [3.63, 3.8) is 0 Å². The van der Waals surface area contributed by atoms with Crippen molar-refractivity contribution in [1.29, 1.82) is 0 Å². The second-order valence-electron chi connectivity index (χ2n) is 11.4. The van der Waals surface area contributed by atoms with E-state index in [1.54, 1.807) is 7.11 Å². The standard InChI is InChI=1S/C29H41N7O2/c1-20(19-38-2)32-29-31-18-27-25(17-26(36(27)33-29)21-6-8-24(37)9-7-21)22-10-11-30-28(16-22)35-14-12-34(13-15-35)23-4-3-5-23/h10-11,16-18,20-21,23-24,37H,3-9,12-15,19H2,1-2H3,(H,32,33)/t20-,21?,24?/m0/s1. The lowest BCUT2D eigenvalue weighted by Crippen LogP contribution is -2.52. The molecular formula is C29H41N7O2. The summed E-state index contributed by atoms with van der Waals surface area (Å²) in [7, 11) is 1.70. The number of methoxy groups -OCH3 is 1. The second kappa shape index (κ2) is 11.2. The number of hydrogen-bond donors (Lipinski definition) is 2. The third kappa shape index (κ3) is 5.24. The summed E-state index contributed by atoms with van der Waals surface area (Å²) in [6.07, 6.45) is 11.4. The van der Waals surface area contributed by atoms with Gasteiger partial charge in [-0.2, -0.15) is 0 Å². The number of anilines is 2. The van der Waals surface area contributed by atoms with Crippen LogP contribution in [0, 0.1) is 0 Å². The zero-order valence-corrected chi connectivity index (χ0v) is 22.7. The van der Waals surface area contributed by atoms with Gasteiger partial charge in [0.2, 0.25) is 5.95 Å². The average Bonchev–Trinajstić information content (AvgIpc) is 3.28. The van der Waals surface area contributed by atoms with Crippen molar-refractivity contribution in [2.75, 3.05) is 50.1 Å². The minimum absolute atomic E-state index is 0.105. The molecule has 0 amide bonds. The van der Waals surface area contributed by atoms with Crippen molar-refractivity contribution in [1.82, 2.24) is 24.5 Å². The van der Waals surface area contributed by atoms with E-state index in [0.717, 1.165) is 80.4 Å². The second-order valence-corrected chi connectivity index (χ2v) is 11.4. The number of nitrogens with zero attached hydrogens (tertiary/aromatic N) is 6. The van der Waals surface area contributed by atoms with Crippen LogP contribution >= 0.6 is 0 Å². The van der Waals surface area contributed by atoms with Crippen LogP contribution in [-0.2, 0) is 4.74 Å². The topological polar surface area (TPSA) is 91.0 Å². The molecule has 9 nitrogen and oxygen atoms in total. The van der Waals surface area contributed by atoms with Gasteiger partial charge >= 0.3 is 0 Å². The van der Waals surface area contributed by atoms with Crippen molar-refractivity contribution in [3.8, 4) is 11.1 Å². The Morgan fingerprint density at radius 1 is 1.05 bits per heavy atom. The molecule has 204 valence electrons. The zero-order chi connectivity index (χ0) is 26.1. The molecule has 38 heavy (non-hydrogen) atoms. The van der Waals surface area contributed by atoms with Crippen LogP contribution in [0.15, 0.2) is 30.6 Å². The van der Waals surface area contributed by atoms with Gasteiger partial charge in [-0.15, -0.1) is 5.10 Å². The number of fused-ring (bicyclic) bond motifs is 1. The normalized spacial score (nSPS) is 23.9. The summed E-state index contributed by atoms with van der Waals surface area (Å²) in [6, 6.07) is 7.54. The van der Waals surface area contributed by atoms with Crippen LogP contribution in [0.1, 0.15) is 63.5 Å². The molecule has 0 bridgehead atoms. The summed E-state index contributed by atoms with van der Waals surface area (Å²) in [5.74, 6) is 2.01. The summed E-state index contributed by atoms with van der Waals surface area (Å²) < 4.78 is 7.35. The lowest BCUT2D eigenvalue weighted by molar-refractivity contribution is 0.120. The van der Waals surface area contributed by atoms with Gasteiger partial charge in [-0.25, -0.2) is 14.5 Å². The minimum atomic E-state index is -0.189. The first-order valence-electron chi connectivity index (χ1n) is 14.4. The molecular weight excluding hydrogens is 478 g/mol. The highest BCUT2D eigenvalue weighted by Gasteiger charge is 2.29. The predicted molar refractivity (Wildman–Crippen MR) is 150 cm³/mol. The maximum absolute atomic E-state index is 10.1. The molecule has 1 atom stereocenters. The highest BCUT2D eigenvalue weighted by Crippen LogP contribution is 2.38. The van der Waals surface area contributed by atoms with Gasteiger partial charge in [0, 0.05) is 68.7 Å². The highest BCUT2D eigenvalue weighted by atomic mass is 16.5. The number of aromatic nitrogens is 4. The maximum Gasteiger partial charge on any atom is 0.241 e. The first kappa shape index (κ1) is 25.5. The molecule has 4 heterocycles. The summed E-state index contributed by atoms with van der Waals surface area (Å²) >= 11 is 0. The van der Waals surface area contributed by atoms with E-state index in [-0.39, 0.29) is 12.1 Å². The monoisotopic (exact) mass is 519 g/mol. The molecule has 2 aliphatic carbocycles. The molecule has 2 N–H and O–H groups in total. The van der Waals surface area contributed by atoms with Gasteiger partial charge in [0.25, 0.3) is 0 Å². The third-order valence-electron chi connectivity index (χ3n) is 8.74. The van der Waals surface area contributed by atoms with E-state index in [2.05, 4.69) is 49.7 Å². The van der Waals surface area contributed by atoms with Crippen LogP contribution in [0.25, 0.3) is 16.6 Å². The van der Waals surface area contributed by atoms with Crippen molar-refractivity contribution in [3.05, 3.63) is 36.3 Å². The molecule has 1 aliphatic heterocycles. The van der Waals surface area contributed by atoms with Crippen molar-refractivity contribution < 1.29 is 9.84 Å². The Labute approximate surface area is 225 Å². The summed E-state index contributed by atoms with van der Waals surface area (Å²) in [5, 5.41) is 18.4. The molecule has 6 rings (SSSR count). The van der Waals surface area contributed by atoms with Crippen LogP contribution in [0.3, 0.4) is 0 Å². The molecule has 3 aliphatic rings. The van der Waals surface area contributed by atoms with E-state index in [1.165, 1.54) is 25.0 Å². The molecule has 2 saturated carbocycles. The van der Waals surface area contributed by atoms with Crippen LogP contribution in [-0.4, -0.2) is 87.7 Å². The van der Waals surface area contributed by atoms with E-state index in [4.69, 9.17) is 14.8 Å². The number of ether oxygens (including phenoxy) is 1. The quantitative estimate of drug-likeness (QED) is 0.463. The van der Waals surface area contributed by atoms with Crippen LogP contribution < -0.4 is 10.2 Å². The Hall–Kier alpha value is -2.75. The summed E-state index contributed by atoms with van der Waals surface area (Å²) in [5.41, 5.74) is 4.48. The van der Waals surface area contributed by atoms with Crippen molar-refractivity contribution in [2.45, 2.75) is 76.0 Å². The maximum atomic E-state index is 10.1. The summed E-state index contributed by atoms with van der Waals surface area (Å²) in [6.45, 7) is 6.93. The Balaban J connectivity index is 1.30. The first-order valence-corrected chi connectivity index (χ1v) is 14.4. The van der Waals surface area contributed by atoms with Crippen molar-refractivity contribution >= 4 is 17.3 Å². The smallest absolute Gasteiger partial charge is 0.241 e. The predicted octanol–water partition coefficient (Wildman–Crippen LogP) is 3.93. The molecule has 0 spiro atoms. The van der Waals surface area contributed by atoms with Gasteiger partial charge in [-0.1, -0.05) is 6.42 Å². The lowest BCUT2D eigenvalue weighted by atomic mass is 9.85. The van der Waals surface area contributed by atoms with Crippen LogP contribution in [0.4, 0.5) is 11.8 Å². The van der Waals surface area contributed by atoms with Gasteiger partial charge < -0.3 is 20.1 Å². The molecule has 0 unspecified atom stereocenters.